The van der Waals surface area contributed by atoms with E-state index in [1.807, 2.05) is 0 Å². The van der Waals surface area contributed by atoms with Gasteiger partial charge in [0, 0.05) is 25.1 Å². The Morgan fingerprint density at radius 2 is 2.50 bits per heavy atom. The maximum Gasteiger partial charge on any atom is 0.0483 e. The molecule has 1 unspecified atom stereocenters. The van der Waals surface area contributed by atoms with Crippen LogP contribution in [0, 0.1) is 0 Å². The predicted molar refractivity (Wildman–Crippen MR) is 60.6 cm³/mol. The first-order valence-electron chi connectivity index (χ1n) is 5.59. The summed E-state index contributed by atoms with van der Waals surface area (Å²) in [6.07, 6.45) is 7.05. The quantitative estimate of drug-likeness (QED) is 0.559. The average molecular weight is 215 g/mol. The molecule has 0 radical (unpaired) electrons. The van der Waals surface area contributed by atoms with Gasteiger partial charge in [-0.15, -0.1) is 11.6 Å². The molecule has 1 aliphatic carbocycles. The van der Waals surface area contributed by atoms with E-state index in [9.17, 15) is 0 Å². The maximum absolute atomic E-state index is 6.05. The molecule has 1 heterocycles. The van der Waals surface area contributed by atoms with Gasteiger partial charge in [-0.3, -0.25) is 4.90 Å². The molecule has 1 saturated heterocycles. The summed E-state index contributed by atoms with van der Waals surface area (Å²) in [5.74, 6) is 0. The molecular formula is C11H19ClN2. The lowest BCUT2D eigenvalue weighted by atomic mass is 9.99. The molecule has 1 aliphatic heterocycles. The minimum Gasteiger partial charge on any atom is -0.304 e. The van der Waals surface area contributed by atoms with Crippen LogP contribution >= 0.6 is 11.6 Å². The Labute approximate surface area is 91.3 Å². The fourth-order valence-corrected chi connectivity index (χ4v) is 2.36. The van der Waals surface area contributed by atoms with Crippen LogP contribution in [0.15, 0.2) is 11.6 Å². The maximum atomic E-state index is 6.05. The number of nitrogens with one attached hydrogen (secondary N) is 1. The second-order valence-corrected chi connectivity index (χ2v) is 4.92. The number of hydrogen-bond donors (Lipinski definition) is 1. The molecule has 80 valence electrons. The average Bonchev–Trinajstić information content (AvgIpc) is 2.23. The Bertz CT molecular complexity index is 209. The summed E-state index contributed by atoms with van der Waals surface area (Å²) in [6.45, 7) is 4.63. The van der Waals surface area contributed by atoms with Crippen LogP contribution in [0.3, 0.4) is 0 Å². The van der Waals surface area contributed by atoms with Crippen LogP contribution in [-0.2, 0) is 0 Å². The highest BCUT2D eigenvalue weighted by atomic mass is 35.5. The van der Waals surface area contributed by atoms with Gasteiger partial charge in [0.15, 0.2) is 0 Å². The number of rotatable bonds is 2. The summed E-state index contributed by atoms with van der Waals surface area (Å²) >= 11 is 6.05. The van der Waals surface area contributed by atoms with E-state index in [0.29, 0.717) is 5.38 Å². The van der Waals surface area contributed by atoms with Crippen molar-refractivity contribution < 1.29 is 0 Å². The third kappa shape index (κ3) is 2.97. The highest BCUT2D eigenvalue weighted by Crippen LogP contribution is 2.22. The smallest absolute Gasteiger partial charge is 0.0483 e. The number of nitrogens with zero attached hydrogens (tertiary/aromatic N) is 1. The fourth-order valence-electron chi connectivity index (χ4n) is 2.17. The molecule has 14 heavy (non-hydrogen) atoms. The monoisotopic (exact) mass is 214 g/mol. The van der Waals surface area contributed by atoms with Crippen molar-refractivity contribution in [3.8, 4) is 0 Å². The Morgan fingerprint density at radius 3 is 3.14 bits per heavy atom. The van der Waals surface area contributed by atoms with Gasteiger partial charge in [0.1, 0.15) is 0 Å². The second-order valence-electron chi connectivity index (χ2n) is 4.30. The summed E-state index contributed by atoms with van der Waals surface area (Å²) < 4.78 is 0. The zero-order valence-corrected chi connectivity index (χ0v) is 9.39. The lowest BCUT2D eigenvalue weighted by molar-refractivity contribution is 0.229. The Morgan fingerprint density at radius 1 is 1.57 bits per heavy atom. The van der Waals surface area contributed by atoms with E-state index in [0.717, 1.165) is 26.1 Å². The lowest BCUT2D eigenvalue weighted by Gasteiger charge is -2.29. The van der Waals surface area contributed by atoms with Gasteiger partial charge in [0.2, 0.25) is 0 Å². The fraction of sp³-hybridized carbons (Fsp3) is 0.818. The molecule has 3 heteroatoms. The van der Waals surface area contributed by atoms with Crippen LogP contribution in [0.25, 0.3) is 0 Å². The largest absolute Gasteiger partial charge is 0.304 e. The van der Waals surface area contributed by atoms with Crippen molar-refractivity contribution in [1.82, 2.24) is 10.2 Å². The van der Waals surface area contributed by atoms with E-state index >= 15 is 0 Å². The molecule has 0 spiro atoms. The Hall–Kier alpha value is -0.0500. The minimum atomic E-state index is 0.387. The SMILES string of the molecule is ClC1CC=C(CN2CCCNC2)CC1. The van der Waals surface area contributed by atoms with Gasteiger partial charge in [-0.2, -0.15) is 0 Å². The molecule has 1 fully saturated rings. The third-order valence-corrected chi connectivity index (χ3v) is 3.43. The first kappa shape index (κ1) is 10.5. The van der Waals surface area contributed by atoms with Crippen molar-refractivity contribution in [1.29, 1.82) is 0 Å². The topological polar surface area (TPSA) is 15.3 Å². The molecular weight excluding hydrogens is 196 g/mol. The predicted octanol–water partition coefficient (Wildman–Crippen LogP) is 1.96. The number of alkyl halides is 1. The normalized spacial score (nSPS) is 30.1. The molecule has 2 nitrogen and oxygen atoms in total. The van der Waals surface area contributed by atoms with Crippen molar-refractivity contribution >= 4 is 11.6 Å². The molecule has 0 amide bonds. The van der Waals surface area contributed by atoms with E-state index < -0.39 is 0 Å². The van der Waals surface area contributed by atoms with Crippen molar-refractivity contribution in [2.75, 3.05) is 26.3 Å². The Balaban J connectivity index is 1.78. The van der Waals surface area contributed by atoms with Gasteiger partial charge >= 0.3 is 0 Å². The molecule has 0 bridgehead atoms. The molecule has 0 aromatic carbocycles. The van der Waals surface area contributed by atoms with Gasteiger partial charge in [-0.25, -0.2) is 0 Å². The molecule has 1 atom stereocenters. The van der Waals surface area contributed by atoms with Gasteiger partial charge < -0.3 is 5.32 Å². The van der Waals surface area contributed by atoms with Crippen molar-refractivity contribution in [2.24, 2.45) is 0 Å². The van der Waals surface area contributed by atoms with Crippen molar-refractivity contribution in [2.45, 2.75) is 31.1 Å². The number of allylic oxidation sites excluding steroid dienone is 1. The van der Waals surface area contributed by atoms with E-state index in [-0.39, 0.29) is 0 Å². The summed E-state index contributed by atoms with van der Waals surface area (Å²) in [5, 5.41) is 3.79. The van der Waals surface area contributed by atoms with Crippen molar-refractivity contribution in [3.63, 3.8) is 0 Å². The standard InChI is InChI=1S/C11H19ClN2/c12-11-4-2-10(3-5-11)8-14-7-1-6-13-9-14/h2,11,13H,1,3-9H2. The highest BCUT2D eigenvalue weighted by Gasteiger charge is 2.15. The number of halogens is 1. The Kier molecular flexibility index (Phi) is 3.85. The molecule has 2 rings (SSSR count). The molecule has 2 aliphatic rings. The van der Waals surface area contributed by atoms with E-state index in [1.54, 1.807) is 5.57 Å². The highest BCUT2D eigenvalue weighted by molar-refractivity contribution is 6.20. The first-order valence-corrected chi connectivity index (χ1v) is 6.03. The van der Waals surface area contributed by atoms with Gasteiger partial charge in [0.05, 0.1) is 0 Å². The van der Waals surface area contributed by atoms with Gasteiger partial charge in [0.25, 0.3) is 0 Å². The second kappa shape index (κ2) is 5.15. The van der Waals surface area contributed by atoms with Gasteiger partial charge in [-0.05, 0) is 32.2 Å². The summed E-state index contributed by atoms with van der Waals surface area (Å²) in [6, 6.07) is 0. The van der Waals surface area contributed by atoms with Crippen LogP contribution < -0.4 is 5.32 Å². The zero-order chi connectivity index (χ0) is 9.80. The van der Waals surface area contributed by atoms with Crippen LogP contribution in [0.2, 0.25) is 0 Å². The van der Waals surface area contributed by atoms with Crippen LogP contribution in [0.4, 0.5) is 0 Å². The van der Waals surface area contributed by atoms with E-state index in [2.05, 4.69) is 16.3 Å². The van der Waals surface area contributed by atoms with Crippen LogP contribution in [0.5, 0.6) is 0 Å². The molecule has 1 N–H and O–H groups in total. The van der Waals surface area contributed by atoms with E-state index in [4.69, 9.17) is 11.6 Å². The minimum absolute atomic E-state index is 0.387. The molecule has 0 aromatic rings. The van der Waals surface area contributed by atoms with Gasteiger partial charge in [-0.1, -0.05) is 11.6 Å². The summed E-state index contributed by atoms with van der Waals surface area (Å²) in [4.78, 5) is 2.49. The van der Waals surface area contributed by atoms with Crippen LogP contribution in [-0.4, -0.2) is 36.6 Å². The third-order valence-electron chi connectivity index (χ3n) is 3.03. The zero-order valence-electron chi connectivity index (χ0n) is 8.64. The molecule has 0 saturated carbocycles. The van der Waals surface area contributed by atoms with Crippen LogP contribution in [0.1, 0.15) is 25.7 Å². The summed E-state index contributed by atoms with van der Waals surface area (Å²) in [7, 11) is 0. The number of hydrogen-bond acceptors (Lipinski definition) is 2. The first-order chi connectivity index (χ1) is 6.84. The molecule has 0 aromatic heterocycles. The summed E-state index contributed by atoms with van der Waals surface area (Å²) in [5.41, 5.74) is 1.59. The van der Waals surface area contributed by atoms with Crippen molar-refractivity contribution in [3.05, 3.63) is 11.6 Å². The lowest BCUT2D eigenvalue weighted by Crippen LogP contribution is -2.42. The van der Waals surface area contributed by atoms with E-state index in [1.165, 1.54) is 25.9 Å².